The summed E-state index contributed by atoms with van der Waals surface area (Å²) in [5, 5.41) is 11.6. The van der Waals surface area contributed by atoms with E-state index in [1.54, 1.807) is 30.3 Å². The van der Waals surface area contributed by atoms with Gasteiger partial charge in [-0.25, -0.2) is 0 Å². The van der Waals surface area contributed by atoms with Crippen LogP contribution in [0.15, 0.2) is 78.9 Å². The van der Waals surface area contributed by atoms with Gasteiger partial charge in [-0.2, -0.15) is 0 Å². The summed E-state index contributed by atoms with van der Waals surface area (Å²) in [6.07, 6.45) is 3.48. The summed E-state index contributed by atoms with van der Waals surface area (Å²) in [4.78, 5) is 36.7. The number of nitrogens with one attached hydrogen (secondary N) is 4. The van der Waals surface area contributed by atoms with Crippen molar-refractivity contribution in [3.63, 3.8) is 0 Å². The number of benzene rings is 3. The number of anilines is 3. The first-order chi connectivity index (χ1) is 17.0. The Morgan fingerprint density at radius 2 is 1.43 bits per heavy atom. The van der Waals surface area contributed by atoms with E-state index in [4.69, 9.17) is 0 Å². The minimum atomic E-state index is -0.222. The van der Waals surface area contributed by atoms with E-state index in [-0.39, 0.29) is 24.3 Å². The molecule has 0 aliphatic rings. The molecular formula is C28H32N4O3. The van der Waals surface area contributed by atoms with Crippen LogP contribution in [0.5, 0.6) is 0 Å². The van der Waals surface area contributed by atoms with Gasteiger partial charge in [-0.15, -0.1) is 0 Å². The lowest BCUT2D eigenvalue weighted by molar-refractivity contribution is -0.116. The molecule has 0 spiro atoms. The SMILES string of the molecule is CCCCCC(=O)Nc1cccc(NCC(=O)Nc2ccc(C(=O)NCc3ccccc3)cc2)c1. The van der Waals surface area contributed by atoms with Crippen molar-refractivity contribution in [3.8, 4) is 0 Å². The van der Waals surface area contributed by atoms with Crippen LogP contribution in [0.3, 0.4) is 0 Å². The fourth-order valence-electron chi connectivity index (χ4n) is 3.44. The van der Waals surface area contributed by atoms with Crippen LogP contribution in [0.25, 0.3) is 0 Å². The lowest BCUT2D eigenvalue weighted by Gasteiger charge is -2.11. The Balaban J connectivity index is 1.43. The van der Waals surface area contributed by atoms with Crippen molar-refractivity contribution >= 4 is 34.8 Å². The minimum Gasteiger partial charge on any atom is -0.376 e. The molecule has 0 aromatic heterocycles. The van der Waals surface area contributed by atoms with Crippen molar-refractivity contribution in [3.05, 3.63) is 90.0 Å². The maximum atomic E-state index is 12.4. The van der Waals surface area contributed by atoms with Gasteiger partial charge < -0.3 is 21.3 Å². The zero-order valence-corrected chi connectivity index (χ0v) is 20.0. The molecule has 3 amide bonds. The van der Waals surface area contributed by atoms with Crippen LogP contribution in [-0.4, -0.2) is 24.3 Å². The van der Waals surface area contributed by atoms with Crippen LogP contribution >= 0.6 is 0 Å². The topological polar surface area (TPSA) is 99.3 Å². The first-order valence-corrected chi connectivity index (χ1v) is 11.9. The Morgan fingerprint density at radius 1 is 0.714 bits per heavy atom. The highest BCUT2D eigenvalue weighted by molar-refractivity contribution is 5.97. The average molecular weight is 473 g/mol. The van der Waals surface area contributed by atoms with Crippen LogP contribution in [-0.2, 0) is 16.1 Å². The zero-order chi connectivity index (χ0) is 24.9. The molecule has 7 heteroatoms. The van der Waals surface area contributed by atoms with Crippen molar-refractivity contribution in [2.75, 3.05) is 22.5 Å². The third kappa shape index (κ3) is 8.97. The molecule has 0 saturated heterocycles. The standard InChI is InChI=1S/C28H32N4O3/c1-2-3-5-13-26(33)32-25-12-8-11-24(18-25)29-20-27(34)31-23-16-14-22(15-17-23)28(35)30-19-21-9-6-4-7-10-21/h4,6-12,14-18,29H,2-3,5,13,19-20H2,1H3,(H,30,35)(H,31,34)(H,32,33). The van der Waals surface area contributed by atoms with Crippen LogP contribution in [0.4, 0.5) is 17.1 Å². The number of amides is 3. The number of unbranched alkanes of at least 4 members (excludes halogenated alkanes) is 2. The molecule has 7 nitrogen and oxygen atoms in total. The maximum Gasteiger partial charge on any atom is 0.251 e. The molecule has 0 fully saturated rings. The molecule has 0 saturated carbocycles. The van der Waals surface area contributed by atoms with E-state index in [0.29, 0.717) is 29.9 Å². The molecule has 35 heavy (non-hydrogen) atoms. The van der Waals surface area contributed by atoms with Crippen molar-refractivity contribution < 1.29 is 14.4 Å². The fraction of sp³-hybridized carbons (Fsp3) is 0.250. The van der Waals surface area contributed by atoms with E-state index < -0.39 is 0 Å². The van der Waals surface area contributed by atoms with E-state index in [0.717, 1.165) is 30.5 Å². The number of carbonyl (C=O) groups is 3. The van der Waals surface area contributed by atoms with Crippen LogP contribution in [0.1, 0.15) is 48.5 Å². The number of hydrogen-bond donors (Lipinski definition) is 4. The van der Waals surface area contributed by atoms with Gasteiger partial charge in [-0.3, -0.25) is 14.4 Å². The third-order valence-electron chi connectivity index (χ3n) is 5.33. The van der Waals surface area contributed by atoms with E-state index in [1.165, 1.54) is 0 Å². The molecule has 0 atom stereocenters. The summed E-state index contributed by atoms with van der Waals surface area (Å²) in [5.74, 6) is -0.406. The van der Waals surface area contributed by atoms with Gasteiger partial charge in [-0.05, 0) is 54.4 Å². The van der Waals surface area contributed by atoms with Gasteiger partial charge in [0, 0.05) is 35.6 Å². The Kier molecular flexibility index (Phi) is 9.87. The van der Waals surface area contributed by atoms with Gasteiger partial charge in [0.1, 0.15) is 0 Å². The summed E-state index contributed by atoms with van der Waals surface area (Å²) in [7, 11) is 0. The van der Waals surface area contributed by atoms with Crippen LogP contribution < -0.4 is 21.3 Å². The summed E-state index contributed by atoms with van der Waals surface area (Å²) < 4.78 is 0. The molecule has 0 unspecified atom stereocenters. The lowest BCUT2D eigenvalue weighted by Crippen LogP contribution is -2.23. The first kappa shape index (κ1) is 25.5. The van der Waals surface area contributed by atoms with Gasteiger partial charge in [0.2, 0.25) is 11.8 Å². The Bertz CT molecular complexity index is 1110. The fourth-order valence-corrected chi connectivity index (χ4v) is 3.44. The predicted octanol–water partition coefficient (Wildman–Crippen LogP) is 5.19. The Hall–Kier alpha value is -4.13. The highest BCUT2D eigenvalue weighted by Gasteiger charge is 2.08. The lowest BCUT2D eigenvalue weighted by atomic mass is 10.1. The normalized spacial score (nSPS) is 10.3. The Morgan fingerprint density at radius 3 is 2.17 bits per heavy atom. The average Bonchev–Trinajstić information content (AvgIpc) is 2.87. The van der Waals surface area contributed by atoms with Crippen molar-refractivity contribution in [1.82, 2.24) is 5.32 Å². The second-order valence-electron chi connectivity index (χ2n) is 8.23. The summed E-state index contributed by atoms with van der Waals surface area (Å²) in [6, 6.07) is 23.7. The van der Waals surface area contributed by atoms with Gasteiger partial charge in [0.25, 0.3) is 5.91 Å². The van der Waals surface area contributed by atoms with Crippen molar-refractivity contribution in [2.45, 2.75) is 39.2 Å². The zero-order valence-electron chi connectivity index (χ0n) is 20.0. The first-order valence-electron chi connectivity index (χ1n) is 11.9. The predicted molar refractivity (Wildman–Crippen MR) is 140 cm³/mol. The highest BCUT2D eigenvalue weighted by Crippen LogP contribution is 2.16. The third-order valence-corrected chi connectivity index (χ3v) is 5.33. The molecule has 0 heterocycles. The monoisotopic (exact) mass is 472 g/mol. The van der Waals surface area contributed by atoms with Gasteiger partial charge in [-0.1, -0.05) is 56.2 Å². The molecule has 3 aromatic rings. The molecule has 0 aliphatic carbocycles. The van der Waals surface area contributed by atoms with E-state index in [2.05, 4.69) is 28.2 Å². The Labute approximate surface area is 206 Å². The smallest absolute Gasteiger partial charge is 0.251 e. The largest absolute Gasteiger partial charge is 0.376 e. The summed E-state index contributed by atoms with van der Waals surface area (Å²) >= 11 is 0. The second-order valence-corrected chi connectivity index (χ2v) is 8.23. The number of carbonyl (C=O) groups excluding carboxylic acids is 3. The van der Waals surface area contributed by atoms with Crippen LogP contribution in [0, 0.1) is 0 Å². The van der Waals surface area contributed by atoms with E-state index >= 15 is 0 Å². The quantitative estimate of drug-likeness (QED) is 0.273. The molecular weight excluding hydrogens is 440 g/mol. The van der Waals surface area contributed by atoms with E-state index in [1.807, 2.05) is 48.5 Å². The summed E-state index contributed by atoms with van der Waals surface area (Å²) in [6.45, 7) is 2.62. The highest BCUT2D eigenvalue weighted by atomic mass is 16.2. The van der Waals surface area contributed by atoms with E-state index in [9.17, 15) is 14.4 Å². The minimum absolute atomic E-state index is 0.00876. The van der Waals surface area contributed by atoms with Gasteiger partial charge in [0.05, 0.1) is 6.54 Å². The van der Waals surface area contributed by atoms with Crippen LogP contribution in [0.2, 0.25) is 0 Å². The molecule has 0 radical (unpaired) electrons. The molecule has 0 bridgehead atoms. The van der Waals surface area contributed by atoms with Gasteiger partial charge >= 0.3 is 0 Å². The molecule has 3 aromatic carbocycles. The van der Waals surface area contributed by atoms with Gasteiger partial charge in [0.15, 0.2) is 0 Å². The molecule has 0 aliphatic heterocycles. The van der Waals surface area contributed by atoms with Crippen molar-refractivity contribution in [1.29, 1.82) is 0 Å². The van der Waals surface area contributed by atoms with Crippen molar-refractivity contribution in [2.24, 2.45) is 0 Å². The molecule has 182 valence electrons. The second kappa shape index (κ2) is 13.5. The number of hydrogen-bond acceptors (Lipinski definition) is 4. The summed E-state index contributed by atoms with van der Waals surface area (Å²) in [5.41, 5.74) is 3.57. The maximum absolute atomic E-state index is 12.4. The molecule has 3 rings (SSSR count). The molecule has 4 N–H and O–H groups in total. The number of rotatable bonds is 12.